The second kappa shape index (κ2) is 4.69. The molecular formula is C12H13N3O2. The van der Waals surface area contributed by atoms with E-state index in [1.54, 1.807) is 31.2 Å². The number of benzene rings is 1. The zero-order chi connectivity index (χ0) is 12.3. The number of aromatic nitrogens is 2. The molecule has 2 rings (SSSR count). The van der Waals surface area contributed by atoms with Crippen molar-refractivity contribution in [2.45, 2.75) is 0 Å². The summed E-state index contributed by atoms with van der Waals surface area (Å²) in [5.41, 5.74) is 1.22. The fourth-order valence-electron chi connectivity index (χ4n) is 1.54. The van der Waals surface area contributed by atoms with Crippen LogP contribution in [0.25, 0.3) is 5.69 Å². The molecule has 17 heavy (non-hydrogen) atoms. The second-order valence-corrected chi connectivity index (χ2v) is 3.42. The molecular weight excluding hydrogens is 218 g/mol. The number of carbonyl (C=O) groups is 1. The van der Waals surface area contributed by atoms with Crippen LogP contribution < -0.4 is 10.1 Å². The first-order valence-electron chi connectivity index (χ1n) is 5.15. The molecule has 1 N–H and O–H groups in total. The lowest BCUT2D eigenvalue weighted by molar-refractivity contribution is 0.0958. The van der Waals surface area contributed by atoms with Crippen LogP contribution in [-0.2, 0) is 0 Å². The zero-order valence-corrected chi connectivity index (χ0v) is 9.68. The van der Waals surface area contributed by atoms with Crippen LogP contribution in [0.5, 0.6) is 5.75 Å². The van der Waals surface area contributed by atoms with Gasteiger partial charge in [0.05, 0.1) is 12.8 Å². The molecule has 5 nitrogen and oxygen atoms in total. The molecule has 88 valence electrons. The van der Waals surface area contributed by atoms with Crippen LogP contribution in [0.1, 0.15) is 10.5 Å². The molecule has 0 saturated carbocycles. The molecule has 0 fully saturated rings. The fraction of sp³-hybridized carbons (Fsp3) is 0.167. The normalized spacial score (nSPS) is 10.0. The Bertz CT molecular complexity index is 534. The lowest BCUT2D eigenvalue weighted by Gasteiger charge is -2.07. The first kappa shape index (κ1) is 11.2. The molecule has 1 aromatic carbocycles. The van der Waals surface area contributed by atoms with E-state index in [1.165, 1.54) is 0 Å². The predicted octanol–water partition coefficient (Wildman–Crippen LogP) is 1.24. The number of carbonyl (C=O) groups excluding carboxylic acids is 1. The van der Waals surface area contributed by atoms with Gasteiger partial charge in [0, 0.05) is 13.2 Å². The van der Waals surface area contributed by atoms with Gasteiger partial charge in [0.1, 0.15) is 17.8 Å². The van der Waals surface area contributed by atoms with Crippen LogP contribution in [-0.4, -0.2) is 29.6 Å². The average molecular weight is 231 g/mol. The number of nitrogens with zero attached hydrogens (tertiary/aromatic N) is 2. The highest BCUT2D eigenvalue weighted by atomic mass is 16.5. The number of amides is 1. The van der Waals surface area contributed by atoms with Gasteiger partial charge in [0.15, 0.2) is 0 Å². The molecule has 0 aliphatic carbocycles. The van der Waals surface area contributed by atoms with E-state index in [0.29, 0.717) is 5.69 Å². The molecule has 1 aromatic heterocycles. The molecule has 1 heterocycles. The van der Waals surface area contributed by atoms with E-state index < -0.39 is 0 Å². The molecule has 0 saturated heterocycles. The largest absolute Gasteiger partial charge is 0.495 e. The summed E-state index contributed by atoms with van der Waals surface area (Å²) < 4.78 is 7.00. The summed E-state index contributed by atoms with van der Waals surface area (Å²) in [5, 5.41) is 2.53. The van der Waals surface area contributed by atoms with Crippen LogP contribution in [0.4, 0.5) is 0 Å². The van der Waals surface area contributed by atoms with Gasteiger partial charge >= 0.3 is 0 Å². The first-order chi connectivity index (χ1) is 8.26. The number of para-hydroxylation sites is 2. The third kappa shape index (κ3) is 2.13. The first-order valence-corrected chi connectivity index (χ1v) is 5.15. The Hall–Kier alpha value is -2.30. The van der Waals surface area contributed by atoms with E-state index in [2.05, 4.69) is 10.3 Å². The Morgan fingerprint density at radius 2 is 2.18 bits per heavy atom. The van der Waals surface area contributed by atoms with Crippen molar-refractivity contribution in [1.82, 2.24) is 14.9 Å². The van der Waals surface area contributed by atoms with Crippen LogP contribution >= 0.6 is 0 Å². The van der Waals surface area contributed by atoms with Gasteiger partial charge in [-0.05, 0) is 12.1 Å². The smallest absolute Gasteiger partial charge is 0.271 e. The van der Waals surface area contributed by atoms with Gasteiger partial charge in [-0.1, -0.05) is 12.1 Å². The Morgan fingerprint density at radius 1 is 1.41 bits per heavy atom. The number of ether oxygens (including phenoxy) is 1. The number of hydrogen-bond acceptors (Lipinski definition) is 3. The van der Waals surface area contributed by atoms with Gasteiger partial charge in [-0.2, -0.15) is 0 Å². The third-order valence-electron chi connectivity index (χ3n) is 2.41. The molecule has 0 atom stereocenters. The van der Waals surface area contributed by atoms with Crippen LogP contribution in [0.15, 0.2) is 36.8 Å². The number of hydrogen-bond donors (Lipinski definition) is 1. The Labute approximate surface area is 99.0 Å². The van der Waals surface area contributed by atoms with Crippen molar-refractivity contribution >= 4 is 5.91 Å². The second-order valence-electron chi connectivity index (χ2n) is 3.42. The number of rotatable bonds is 3. The summed E-state index contributed by atoms with van der Waals surface area (Å²) in [6.45, 7) is 0. The van der Waals surface area contributed by atoms with Crippen molar-refractivity contribution < 1.29 is 9.53 Å². The highest BCUT2D eigenvalue weighted by Gasteiger charge is 2.09. The van der Waals surface area contributed by atoms with Gasteiger partial charge in [0.2, 0.25) is 0 Å². The molecule has 0 bridgehead atoms. The van der Waals surface area contributed by atoms with Crippen molar-refractivity contribution in [2.75, 3.05) is 14.2 Å². The summed E-state index contributed by atoms with van der Waals surface area (Å²) in [6.07, 6.45) is 3.25. The number of nitrogens with one attached hydrogen (secondary N) is 1. The highest BCUT2D eigenvalue weighted by molar-refractivity contribution is 5.91. The molecule has 0 spiro atoms. The summed E-state index contributed by atoms with van der Waals surface area (Å²) in [5.74, 6) is 0.520. The van der Waals surface area contributed by atoms with Crippen LogP contribution in [0.3, 0.4) is 0 Å². The zero-order valence-electron chi connectivity index (χ0n) is 9.68. The Morgan fingerprint density at radius 3 is 2.88 bits per heavy atom. The minimum Gasteiger partial charge on any atom is -0.495 e. The minimum absolute atomic E-state index is 0.210. The fourth-order valence-corrected chi connectivity index (χ4v) is 1.54. The van der Waals surface area contributed by atoms with E-state index in [-0.39, 0.29) is 5.91 Å². The van der Waals surface area contributed by atoms with Crippen molar-refractivity contribution in [3.05, 3.63) is 42.5 Å². The van der Waals surface area contributed by atoms with Gasteiger partial charge in [-0.15, -0.1) is 0 Å². The number of methoxy groups -OCH3 is 1. The molecule has 0 aliphatic rings. The van der Waals surface area contributed by atoms with Gasteiger partial charge < -0.3 is 14.6 Å². The average Bonchev–Trinajstić information content (AvgIpc) is 2.87. The maximum Gasteiger partial charge on any atom is 0.271 e. The highest BCUT2D eigenvalue weighted by Crippen LogP contribution is 2.21. The van der Waals surface area contributed by atoms with Gasteiger partial charge in [-0.25, -0.2) is 4.98 Å². The molecule has 0 aliphatic heterocycles. The molecule has 2 aromatic rings. The van der Waals surface area contributed by atoms with E-state index >= 15 is 0 Å². The minimum atomic E-state index is -0.210. The van der Waals surface area contributed by atoms with E-state index in [0.717, 1.165) is 11.4 Å². The maximum atomic E-state index is 11.4. The molecule has 1 amide bonds. The quantitative estimate of drug-likeness (QED) is 0.864. The van der Waals surface area contributed by atoms with E-state index in [4.69, 9.17) is 4.74 Å². The van der Waals surface area contributed by atoms with Crippen molar-refractivity contribution in [3.63, 3.8) is 0 Å². The Balaban J connectivity index is 2.40. The lowest BCUT2D eigenvalue weighted by Crippen LogP contribution is -2.17. The third-order valence-corrected chi connectivity index (χ3v) is 2.41. The Kier molecular flexibility index (Phi) is 3.09. The van der Waals surface area contributed by atoms with Crippen molar-refractivity contribution in [2.24, 2.45) is 0 Å². The van der Waals surface area contributed by atoms with Crippen molar-refractivity contribution in [1.29, 1.82) is 0 Å². The lowest BCUT2D eigenvalue weighted by atomic mass is 10.3. The summed E-state index contributed by atoms with van der Waals surface area (Å²) >= 11 is 0. The molecule has 0 radical (unpaired) electrons. The monoisotopic (exact) mass is 231 g/mol. The van der Waals surface area contributed by atoms with E-state index in [1.807, 2.05) is 24.3 Å². The SMILES string of the molecule is CNC(=O)c1cn(-c2ccccc2OC)cn1. The molecule has 5 heteroatoms. The summed E-state index contributed by atoms with van der Waals surface area (Å²) in [7, 11) is 3.18. The van der Waals surface area contributed by atoms with Gasteiger partial charge in [-0.3, -0.25) is 4.79 Å². The van der Waals surface area contributed by atoms with Crippen LogP contribution in [0.2, 0.25) is 0 Å². The standard InChI is InChI=1S/C12H13N3O2/c1-13-12(16)9-7-15(8-14-9)10-5-3-4-6-11(10)17-2/h3-8H,1-2H3,(H,13,16). The van der Waals surface area contributed by atoms with E-state index in [9.17, 15) is 4.79 Å². The maximum absolute atomic E-state index is 11.4. The summed E-state index contributed by atoms with van der Waals surface area (Å²) in [6, 6.07) is 7.54. The predicted molar refractivity (Wildman–Crippen MR) is 63.5 cm³/mol. The summed E-state index contributed by atoms with van der Waals surface area (Å²) in [4.78, 5) is 15.4. The van der Waals surface area contributed by atoms with Gasteiger partial charge in [0.25, 0.3) is 5.91 Å². The van der Waals surface area contributed by atoms with Crippen molar-refractivity contribution in [3.8, 4) is 11.4 Å². The number of imidazole rings is 1. The molecule has 0 unspecified atom stereocenters. The van der Waals surface area contributed by atoms with Crippen LogP contribution in [0, 0.1) is 0 Å². The topological polar surface area (TPSA) is 56.2 Å².